The molecule has 0 spiro atoms. The topological polar surface area (TPSA) is 45.2 Å². The van der Waals surface area contributed by atoms with Crippen LogP contribution in [0, 0.1) is 6.92 Å². The number of carbonyl (C=O) groups is 1. The Morgan fingerprint density at radius 3 is 3.00 bits per heavy atom. The Morgan fingerprint density at radius 2 is 2.20 bits per heavy atom. The molecule has 2 aromatic rings. The lowest BCUT2D eigenvalue weighted by atomic mass is 9.99. The van der Waals surface area contributed by atoms with Crippen LogP contribution in [0.15, 0.2) is 36.7 Å². The smallest absolute Gasteiger partial charge is 0.257 e. The van der Waals surface area contributed by atoms with Crippen LogP contribution in [-0.2, 0) is 0 Å². The summed E-state index contributed by atoms with van der Waals surface area (Å²) in [6.07, 6.45) is 8.25. The molecule has 1 aromatic heterocycles. The summed E-state index contributed by atoms with van der Waals surface area (Å²) in [5.41, 5.74) is 3.19. The van der Waals surface area contributed by atoms with Crippen LogP contribution in [-0.4, -0.2) is 23.5 Å². The van der Waals surface area contributed by atoms with E-state index >= 15 is 0 Å². The minimum Gasteiger partial charge on any atom is -0.367 e. The lowest BCUT2D eigenvalue weighted by Gasteiger charge is -2.37. The standard InChI is InChI=1S/C20H24ClN3O/c1-3-16-7-4-5-10-24(16)17-11-15(12-22-13-17)20(25)23-19-9-6-8-18(21)14(19)2/h6,8-9,11-13,16H,3-5,7,10H2,1-2H3,(H,23,25). The number of aromatic nitrogens is 1. The molecule has 1 aromatic carbocycles. The van der Waals surface area contributed by atoms with Crippen molar-refractivity contribution in [1.82, 2.24) is 4.98 Å². The Kier molecular flexibility index (Phi) is 5.59. The van der Waals surface area contributed by atoms with Crippen LogP contribution < -0.4 is 10.2 Å². The third-order valence-electron chi connectivity index (χ3n) is 4.93. The van der Waals surface area contributed by atoms with Crippen LogP contribution in [0.2, 0.25) is 5.02 Å². The highest BCUT2D eigenvalue weighted by Gasteiger charge is 2.22. The predicted octanol–water partition coefficient (Wildman–Crippen LogP) is 5.06. The van der Waals surface area contributed by atoms with Crippen LogP contribution in [0.5, 0.6) is 0 Å². The Balaban J connectivity index is 1.81. The second kappa shape index (κ2) is 7.87. The number of carbonyl (C=O) groups excluding carboxylic acids is 1. The molecule has 1 amide bonds. The van der Waals surface area contributed by atoms with Gasteiger partial charge < -0.3 is 10.2 Å². The van der Waals surface area contributed by atoms with Gasteiger partial charge in [0.2, 0.25) is 0 Å². The van der Waals surface area contributed by atoms with E-state index in [1.165, 1.54) is 19.3 Å². The number of hydrogen-bond donors (Lipinski definition) is 1. The van der Waals surface area contributed by atoms with Gasteiger partial charge in [0.15, 0.2) is 0 Å². The van der Waals surface area contributed by atoms with E-state index in [4.69, 9.17) is 11.6 Å². The molecule has 1 N–H and O–H groups in total. The molecule has 0 aliphatic carbocycles. The number of amides is 1. The molecule has 0 bridgehead atoms. The van der Waals surface area contributed by atoms with Crippen molar-refractivity contribution in [3.8, 4) is 0 Å². The highest BCUT2D eigenvalue weighted by molar-refractivity contribution is 6.31. The van der Waals surface area contributed by atoms with E-state index in [0.29, 0.717) is 16.6 Å². The molecule has 1 fully saturated rings. The van der Waals surface area contributed by atoms with Crippen molar-refractivity contribution in [3.05, 3.63) is 52.8 Å². The number of pyridine rings is 1. The fraction of sp³-hybridized carbons (Fsp3) is 0.400. The van der Waals surface area contributed by atoms with Gasteiger partial charge in [-0.15, -0.1) is 0 Å². The van der Waals surface area contributed by atoms with Crippen LogP contribution in [0.1, 0.15) is 48.5 Å². The normalized spacial score (nSPS) is 17.4. The first-order valence-electron chi connectivity index (χ1n) is 8.88. The van der Waals surface area contributed by atoms with Gasteiger partial charge in [-0.25, -0.2) is 0 Å². The number of nitrogens with zero attached hydrogens (tertiary/aromatic N) is 2. The molecule has 5 heteroatoms. The second-order valence-electron chi connectivity index (χ2n) is 6.55. The number of hydrogen-bond acceptors (Lipinski definition) is 3. The monoisotopic (exact) mass is 357 g/mol. The quantitative estimate of drug-likeness (QED) is 0.831. The Labute approximate surface area is 154 Å². The van der Waals surface area contributed by atoms with Gasteiger partial charge in [-0.2, -0.15) is 0 Å². The summed E-state index contributed by atoms with van der Waals surface area (Å²) in [6.45, 7) is 5.14. The maximum atomic E-state index is 12.7. The van der Waals surface area contributed by atoms with Crippen molar-refractivity contribution < 1.29 is 4.79 Å². The summed E-state index contributed by atoms with van der Waals surface area (Å²) in [6, 6.07) is 7.98. The molecule has 132 valence electrons. The van der Waals surface area contributed by atoms with Gasteiger partial charge in [0.25, 0.3) is 5.91 Å². The summed E-state index contributed by atoms with van der Waals surface area (Å²) in [4.78, 5) is 19.3. The fourth-order valence-electron chi connectivity index (χ4n) is 3.41. The molecular formula is C20H24ClN3O. The van der Waals surface area contributed by atoms with Gasteiger partial charge >= 0.3 is 0 Å². The third kappa shape index (κ3) is 3.96. The van der Waals surface area contributed by atoms with Crippen LogP contribution >= 0.6 is 11.6 Å². The Bertz CT molecular complexity index is 762. The van der Waals surface area contributed by atoms with Gasteiger partial charge in [0.05, 0.1) is 17.4 Å². The van der Waals surface area contributed by atoms with Crippen molar-refractivity contribution in [2.24, 2.45) is 0 Å². The Hall–Kier alpha value is -2.07. The van der Waals surface area contributed by atoms with Crippen LogP contribution in [0.25, 0.3) is 0 Å². The van der Waals surface area contributed by atoms with Crippen LogP contribution in [0.4, 0.5) is 11.4 Å². The summed E-state index contributed by atoms with van der Waals surface area (Å²) >= 11 is 6.13. The molecule has 1 unspecified atom stereocenters. The van der Waals surface area contributed by atoms with E-state index in [9.17, 15) is 4.79 Å². The number of halogens is 1. The lowest BCUT2D eigenvalue weighted by Crippen LogP contribution is -2.39. The molecule has 1 saturated heterocycles. The highest BCUT2D eigenvalue weighted by atomic mass is 35.5. The minimum absolute atomic E-state index is 0.162. The van der Waals surface area contributed by atoms with E-state index in [2.05, 4.69) is 22.1 Å². The lowest BCUT2D eigenvalue weighted by molar-refractivity contribution is 0.102. The van der Waals surface area contributed by atoms with E-state index in [1.54, 1.807) is 6.20 Å². The SMILES string of the molecule is CCC1CCCCN1c1cncc(C(=O)Nc2cccc(Cl)c2C)c1. The molecule has 1 atom stereocenters. The average Bonchev–Trinajstić information content (AvgIpc) is 2.65. The van der Waals surface area contributed by atoms with Gasteiger partial charge in [0.1, 0.15) is 0 Å². The van der Waals surface area contributed by atoms with Crippen molar-refractivity contribution in [2.75, 3.05) is 16.8 Å². The molecule has 0 saturated carbocycles. The highest BCUT2D eigenvalue weighted by Crippen LogP contribution is 2.27. The van der Waals surface area contributed by atoms with Gasteiger partial charge in [-0.05, 0) is 56.4 Å². The first-order chi connectivity index (χ1) is 12.1. The van der Waals surface area contributed by atoms with Crippen molar-refractivity contribution in [3.63, 3.8) is 0 Å². The first kappa shape index (κ1) is 17.7. The van der Waals surface area contributed by atoms with Crippen molar-refractivity contribution >= 4 is 28.9 Å². The number of nitrogens with one attached hydrogen (secondary N) is 1. The maximum absolute atomic E-state index is 12.7. The van der Waals surface area contributed by atoms with Gasteiger partial charge in [-0.1, -0.05) is 24.6 Å². The van der Waals surface area contributed by atoms with E-state index in [-0.39, 0.29) is 5.91 Å². The minimum atomic E-state index is -0.162. The number of rotatable bonds is 4. The second-order valence-corrected chi connectivity index (χ2v) is 6.96. The molecule has 0 radical (unpaired) electrons. The van der Waals surface area contributed by atoms with E-state index in [1.807, 2.05) is 37.4 Å². The molecule has 25 heavy (non-hydrogen) atoms. The fourth-order valence-corrected chi connectivity index (χ4v) is 3.59. The molecule has 4 nitrogen and oxygen atoms in total. The first-order valence-corrected chi connectivity index (χ1v) is 9.26. The van der Waals surface area contributed by atoms with Crippen molar-refractivity contribution in [1.29, 1.82) is 0 Å². The summed E-state index contributed by atoms with van der Waals surface area (Å²) in [5.74, 6) is -0.162. The largest absolute Gasteiger partial charge is 0.367 e. The zero-order valence-electron chi connectivity index (χ0n) is 14.8. The predicted molar refractivity (Wildman–Crippen MR) is 104 cm³/mol. The van der Waals surface area contributed by atoms with Crippen LogP contribution in [0.3, 0.4) is 0 Å². The molecule has 1 aliphatic rings. The molecular weight excluding hydrogens is 334 g/mol. The zero-order chi connectivity index (χ0) is 17.8. The molecule has 1 aliphatic heterocycles. The van der Waals surface area contributed by atoms with E-state index < -0.39 is 0 Å². The average molecular weight is 358 g/mol. The summed E-state index contributed by atoms with van der Waals surface area (Å²) < 4.78 is 0. The number of anilines is 2. The van der Waals surface area contributed by atoms with Gasteiger partial charge in [-0.3, -0.25) is 9.78 Å². The van der Waals surface area contributed by atoms with Gasteiger partial charge in [0, 0.05) is 29.5 Å². The maximum Gasteiger partial charge on any atom is 0.257 e. The molecule has 3 rings (SSSR count). The number of piperidine rings is 1. The molecule has 2 heterocycles. The third-order valence-corrected chi connectivity index (χ3v) is 5.34. The number of benzene rings is 1. The Morgan fingerprint density at radius 1 is 1.36 bits per heavy atom. The van der Waals surface area contributed by atoms with Crippen molar-refractivity contribution in [2.45, 2.75) is 45.6 Å². The summed E-state index contributed by atoms with van der Waals surface area (Å²) in [5, 5.41) is 3.58. The van der Waals surface area contributed by atoms with E-state index in [0.717, 1.165) is 29.9 Å². The zero-order valence-corrected chi connectivity index (χ0v) is 15.5. The summed E-state index contributed by atoms with van der Waals surface area (Å²) in [7, 11) is 0.